The van der Waals surface area contributed by atoms with Crippen LogP contribution in [0.4, 0.5) is 0 Å². The molecule has 0 spiro atoms. The van der Waals surface area contributed by atoms with Crippen LogP contribution >= 0.6 is 0 Å². The Kier molecular flexibility index (Phi) is 22.6. The van der Waals surface area contributed by atoms with Crippen molar-refractivity contribution < 1.29 is 33.5 Å². The molecule has 0 amide bonds. The molecule has 0 aliphatic rings. The molecule has 0 aromatic heterocycles. The van der Waals surface area contributed by atoms with E-state index in [2.05, 4.69) is 6.92 Å². The van der Waals surface area contributed by atoms with E-state index in [9.17, 15) is 0 Å². The Hall–Kier alpha value is -0.700. The quantitative estimate of drug-likeness (QED) is 0.246. The molecule has 0 heterocycles. The topological polar surface area (TPSA) is 75.6 Å². The van der Waals surface area contributed by atoms with Gasteiger partial charge in [0, 0.05) is 0 Å². The highest BCUT2D eigenvalue weighted by Gasteiger charge is 1.93. The van der Waals surface area contributed by atoms with Crippen LogP contribution in [-0.2, 0) is 28.4 Å². The van der Waals surface area contributed by atoms with Crippen LogP contribution in [0.3, 0.4) is 0 Å². The summed E-state index contributed by atoms with van der Waals surface area (Å²) in [5.74, 6) is 0. The predicted octanol–water partition coefficient (Wildman–Crippen LogP) is 1.78. The minimum atomic E-state index is 0.0401. The molecule has 0 rings (SSSR count). The fourth-order valence-corrected chi connectivity index (χ4v) is 1.68. The summed E-state index contributed by atoms with van der Waals surface area (Å²) in [7, 11) is 0. The first-order valence-electron chi connectivity index (χ1n) is 9.18. The van der Waals surface area contributed by atoms with E-state index in [1.807, 2.05) is 6.08 Å². The molecule has 0 fully saturated rings. The summed E-state index contributed by atoms with van der Waals surface area (Å²) in [6.45, 7) is 7.94. The molecule has 7 heteroatoms. The summed E-state index contributed by atoms with van der Waals surface area (Å²) >= 11 is 0. The summed E-state index contributed by atoms with van der Waals surface area (Å²) in [6, 6.07) is 0. The van der Waals surface area contributed by atoms with E-state index < -0.39 is 0 Å². The van der Waals surface area contributed by atoms with E-state index in [-0.39, 0.29) is 6.61 Å². The van der Waals surface area contributed by atoms with Crippen molar-refractivity contribution in [2.75, 3.05) is 79.3 Å². The zero-order valence-corrected chi connectivity index (χ0v) is 15.7. The smallest absolute Gasteiger partial charge is 0.111 e. The minimum Gasteiger partial charge on any atom is -0.499 e. The maximum atomic E-state index is 8.51. The molecule has 0 atom stereocenters. The van der Waals surface area contributed by atoms with Gasteiger partial charge in [-0.2, -0.15) is 0 Å². The Labute approximate surface area is 152 Å². The van der Waals surface area contributed by atoms with E-state index in [4.69, 9.17) is 33.5 Å². The van der Waals surface area contributed by atoms with Gasteiger partial charge in [0.05, 0.1) is 78.9 Å². The lowest BCUT2D eigenvalue weighted by atomic mass is 10.2. The van der Waals surface area contributed by atoms with Crippen LogP contribution in [-0.4, -0.2) is 84.4 Å². The van der Waals surface area contributed by atoms with Gasteiger partial charge < -0.3 is 33.5 Å². The van der Waals surface area contributed by atoms with E-state index in [1.165, 1.54) is 12.8 Å². The molecule has 0 aromatic rings. The normalized spacial score (nSPS) is 11.4. The predicted molar refractivity (Wildman–Crippen MR) is 95.8 cm³/mol. The van der Waals surface area contributed by atoms with Crippen LogP contribution in [0, 0.1) is 0 Å². The Balaban J connectivity index is 2.99. The van der Waals surface area contributed by atoms with Crippen LogP contribution in [0.2, 0.25) is 0 Å². The lowest BCUT2D eigenvalue weighted by molar-refractivity contribution is -0.0155. The Morgan fingerprint density at radius 1 is 0.640 bits per heavy atom. The second kappa shape index (κ2) is 23.3. The van der Waals surface area contributed by atoms with Crippen molar-refractivity contribution >= 4 is 0 Å². The molecule has 25 heavy (non-hydrogen) atoms. The number of allylic oxidation sites excluding steroid dienone is 1. The van der Waals surface area contributed by atoms with E-state index >= 15 is 0 Å². The van der Waals surface area contributed by atoms with Gasteiger partial charge in [-0.05, 0) is 18.9 Å². The van der Waals surface area contributed by atoms with Crippen molar-refractivity contribution in [1.82, 2.24) is 0 Å². The molecular formula is C18H36O7. The summed E-state index contributed by atoms with van der Waals surface area (Å²) in [5.41, 5.74) is 0. The fourth-order valence-electron chi connectivity index (χ4n) is 1.68. The van der Waals surface area contributed by atoms with Gasteiger partial charge in [0.15, 0.2) is 0 Å². The van der Waals surface area contributed by atoms with Crippen LogP contribution in [0.25, 0.3) is 0 Å². The van der Waals surface area contributed by atoms with Crippen molar-refractivity contribution in [2.45, 2.75) is 26.2 Å². The Bertz CT molecular complexity index is 262. The molecule has 0 aromatic carbocycles. The average Bonchev–Trinajstić information content (AvgIpc) is 2.63. The van der Waals surface area contributed by atoms with Gasteiger partial charge in [-0.15, -0.1) is 0 Å². The highest BCUT2D eigenvalue weighted by atomic mass is 16.6. The highest BCUT2D eigenvalue weighted by molar-refractivity contribution is 4.72. The molecule has 0 bridgehead atoms. The third-order valence-electron chi connectivity index (χ3n) is 2.99. The first-order chi connectivity index (χ1) is 12.4. The third-order valence-corrected chi connectivity index (χ3v) is 2.99. The zero-order chi connectivity index (χ0) is 18.3. The molecule has 0 aliphatic heterocycles. The number of hydrogen-bond donors (Lipinski definition) is 1. The second-order valence-corrected chi connectivity index (χ2v) is 5.17. The SMILES string of the molecule is CCCC/C=C/OCCOCCOCCOCCOCCOCCO. The highest BCUT2D eigenvalue weighted by Crippen LogP contribution is 1.94. The molecule has 0 unspecified atom stereocenters. The van der Waals surface area contributed by atoms with Crippen LogP contribution in [0.1, 0.15) is 26.2 Å². The maximum absolute atomic E-state index is 8.51. The van der Waals surface area contributed by atoms with Crippen molar-refractivity contribution in [3.8, 4) is 0 Å². The monoisotopic (exact) mass is 364 g/mol. The molecule has 150 valence electrons. The minimum absolute atomic E-state index is 0.0401. The van der Waals surface area contributed by atoms with Gasteiger partial charge in [0.2, 0.25) is 0 Å². The third kappa shape index (κ3) is 23.3. The second-order valence-electron chi connectivity index (χ2n) is 5.17. The van der Waals surface area contributed by atoms with Crippen molar-refractivity contribution in [3.05, 3.63) is 12.3 Å². The standard InChI is InChI=1S/C18H36O7/c1-2-3-4-5-7-20-9-11-22-13-15-24-17-18-25-16-14-23-12-10-21-8-6-19/h5,7,19H,2-4,6,8-18H2,1H3/b7-5+. The number of aliphatic hydroxyl groups excluding tert-OH is 1. The van der Waals surface area contributed by atoms with Crippen LogP contribution in [0.15, 0.2) is 12.3 Å². The van der Waals surface area contributed by atoms with E-state index in [1.54, 1.807) is 6.26 Å². The van der Waals surface area contributed by atoms with Crippen molar-refractivity contribution in [1.29, 1.82) is 0 Å². The molecule has 7 nitrogen and oxygen atoms in total. The Morgan fingerprint density at radius 2 is 1.08 bits per heavy atom. The van der Waals surface area contributed by atoms with Gasteiger partial charge in [0.1, 0.15) is 6.61 Å². The van der Waals surface area contributed by atoms with Crippen molar-refractivity contribution in [2.24, 2.45) is 0 Å². The number of rotatable bonds is 21. The van der Waals surface area contributed by atoms with Gasteiger partial charge >= 0.3 is 0 Å². The summed E-state index contributed by atoms with van der Waals surface area (Å²) in [6.07, 6.45) is 7.26. The largest absolute Gasteiger partial charge is 0.499 e. The first-order valence-corrected chi connectivity index (χ1v) is 9.18. The number of unbranched alkanes of at least 4 members (excludes halogenated alkanes) is 2. The Morgan fingerprint density at radius 3 is 1.52 bits per heavy atom. The number of hydrogen-bond acceptors (Lipinski definition) is 7. The fraction of sp³-hybridized carbons (Fsp3) is 0.889. The van der Waals surface area contributed by atoms with Gasteiger partial charge in [-0.3, -0.25) is 0 Å². The van der Waals surface area contributed by atoms with Gasteiger partial charge in [0.25, 0.3) is 0 Å². The van der Waals surface area contributed by atoms with Gasteiger partial charge in [-0.25, -0.2) is 0 Å². The molecule has 0 aliphatic carbocycles. The molecule has 0 saturated heterocycles. The lowest BCUT2D eigenvalue weighted by Crippen LogP contribution is -2.14. The first kappa shape index (κ1) is 24.3. The van der Waals surface area contributed by atoms with Crippen molar-refractivity contribution in [3.63, 3.8) is 0 Å². The molecule has 0 radical (unpaired) electrons. The molecular weight excluding hydrogens is 328 g/mol. The summed E-state index contributed by atoms with van der Waals surface area (Å²) < 4.78 is 31.8. The van der Waals surface area contributed by atoms with Crippen LogP contribution in [0.5, 0.6) is 0 Å². The average molecular weight is 364 g/mol. The summed E-state index contributed by atoms with van der Waals surface area (Å²) in [5, 5.41) is 8.51. The molecule has 0 saturated carbocycles. The molecule has 1 N–H and O–H groups in total. The zero-order valence-electron chi connectivity index (χ0n) is 15.7. The van der Waals surface area contributed by atoms with E-state index in [0.29, 0.717) is 72.7 Å². The maximum Gasteiger partial charge on any atom is 0.111 e. The van der Waals surface area contributed by atoms with Crippen LogP contribution < -0.4 is 0 Å². The van der Waals surface area contributed by atoms with Gasteiger partial charge in [-0.1, -0.05) is 13.3 Å². The number of aliphatic hydroxyl groups is 1. The summed E-state index contributed by atoms with van der Waals surface area (Å²) in [4.78, 5) is 0. The number of ether oxygens (including phenoxy) is 6. The lowest BCUT2D eigenvalue weighted by Gasteiger charge is -2.07. The van der Waals surface area contributed by atoms with E-state index in [0.717, 1.165) is 6.42 Å².